The fourth-order valence-electron chi connectivity index (χ4n) is 1.10. The van der Waals surface area contributed by atoms with Crippen LogP contribution in [0.3, 0.4) is 0 Å². The molecule has 0 amide bonds. The first kappa shape index (κ1) is 12.4. The molecule has 15 heavy (non-hydrogen) atoms. The molecule has 5 heteroatoms. The molecule has 1 aromatic rings. The smallest absolute Gasteiger partial charge is 0.205 e. The van der Waals surface area contributed by atoms with Crippen LogP contribution < -0.4 is 10.6 Å². The Bertz CT molecular complexity index is 308. The van der Waals surface area contributed by atoms with Crippen LogP contribution in [0.5, 0.6) is 0 Å². The third-order valence-corrected chi connectivity index (χ3v) is 3.46. The minimum Gasteiger partial charge on any atom is -0.344 e. The molecule has 1 aromatic heterocycles. The zero-order valence-corrected chi connectivity index (χ0v) is 10.8. The molecule has 0 saturated heterocycles. The van der Waals surface area contributed by atoms with E-state index in [1.54, 1.807) is 0 Å². The molecule has 0 aliphatic heterocycles. The van der Waals surface area contributed by atoms with Crippen molar-refractivity contribution < 1.29 is 0 Å². The highest BCUT2D eigenvalue weighted by atomic mass is 32.1. The number of aromatic nitrogens is 2. The van der Waals surface area contributed by atoms with Crippen LogP contribution in [0.15, 0.2) is 0 Å². The number of aryl methyl sites for hydroxylation is 1. The molecular weight excluding hydrogens is 208 g/mol. The summed E-state index contributed by atoms with van der Waals surface area (Å²) in [5, 5.41) is 0.953. The van der Waals surface area contributed by atoms with E-state index >= 15 is 0 Å². The van der Waals surface area contributed by atoms with E-state index in [9.17, 15) is 0 Å². The van der Waals surface area contributed by atoms with Crippen molar-refractivity contribution >= 4 is 16.7 Å². The van der Waals surface area contributed by atoms with Crippen molar-refractivity contribution in [3.63, 3.8) is 0 Å². The van der Waals surface area contributed by atoms with Crippen LogP contribution >= 0.6 is 11.5 Å². The van der Waals surface area contributed by atoms with E-state index in [2.05, 4.69) is 35.0 Å². The lowest BCUT2D eigenvalue weighted by molar-refractivity contribution is 0.497. The van der Waals surface area contributed by atoms with Gasteiger partial charge in [0.05, 0.1) is 0 Å². The summed E-state index contributed by atoms with van der Waals surface area (Å²) in [7, 11) is 2.02. The van der Waals surface area contributed by atoms with Crippen LogP contribution in [0, 0.1) is 0 Å². The van der Waals surface area contributed by atoms with Crippen molar-refractivity contribution in [1.29, 1.82) is 0 Å². The van der Waals surface area contributed by atoms with E-state index in [0.29, 0.717) is 6.54 Å². The maximum absolute atomic E-state index is 5.72. The van der Waals surface area contributed by atoms with Crippen molar-refractivity contribution in [2.75, 3.05) is 18.5 Å². The number of hydrogen-bond acceptors (Lipinski definition) is 5. The predicted octanol–water partition coefficient (Wildman–Crippen LogP) is 1.66. The van der Waals surface area contributed by atoms with Gasteiger partial charge in [-0.25, -0.2) is 4.98 Å². The van der Waals surface area contributed by atoms with Gasteiger partial charge in [0.15, 0.2) is 0 Å². The highest BCUT2D eigenvalue weighted by molar-refractivity contribution is 7.09. The highest BCUT2D eigenvalue weighted by Gasteiger charge is 2.24. The summed E-state index contributed by atoms with van der Waals surface area (Å²) < 4.78 is 4.32. The van der Waals surface area contributed by atoms with Gasteiger partial charge in [0.2, 0.25) is 5.13 Å². The van der Waals surface area contributed by atoms with Crippen LogP contribution in [0.25, 0.3) is 0 Å². The first-order chi connectivity index (χ1) is 7.01. The van der Waals surface area contributed by atoms with Crippen LogP contribution in [-0.2, 0) is 6.42 Å². The van der Waals surface area contributed by atoms with Crippen LogP contribution in [0.2, 0.25) is 0 Å². The molecule has 0 saturated carbocycles. The summed E-state index contributed by atoms with van der Waals surface area (Å²) >= 11 is 1.45. The SMILES string of the molecule is CCCc1nsc(N(C)C(C)(C)CN)n1. The van der Waals surface area contributed by atoms with Gasteiger partial charge in [-0.05, 0) is 20.3 Å². The number of likely N-dealkylation sites (N-methyl/N-ethyl adjacent to an activating group) is 1. The Morgan fingerprint density at radius 3 is 2.67 bits per heavy atom. The number of anilines is 1. The number of hydrogen-bond donors (Lipinski definition) is 1. The molecule has 0 aliphatic carbocycles. The van der Waals surface area contributed by atoms with Crippen LogP contribution in [0.1, 0.15) is 33.0 Å². The lowest BCUT2D eigenvalue weighted by Crippen LogP contribution is -2.47. The summed E-state index contributed by atoms with van der Waals surface area (Å²) in [6, 6.07) is 0. The van der Waals surface area contributed by atoms with Gasteiger partial charge in [0, 0.05) is 37.1 Å². The van der Waals surface area contributed by atoms with Gasteiger partial charge in [0.25, 0.3) is 0 Å². The Hall–Kier alpha value is -0.680. The quantitative estimate of drug-likeness (QED) is 0.833. The molecule has 2 N–H and O–H groups in total. The van der Waals surface area contributed by atoms with Gasteiger partial charge in [0.1, 0.15) is 5.82 Å². The van der Waals surface area contributed by atoms with E-state index in [4.69, 9.17) is 5.73 Å². The monoisotopic (exact) mass is 228 g/mol. The molecule has 0 spiro atoms. The molecule has 0 aromatic carbocycles. The van der Waals surface area contributed by atoms with Gasteiger partial charge >= 0.3 is 0 Å². The van der Waals surface area contributed by atoms with E-state index < -0.39 is 0 Å². The number of rotatable bonds is 5. The van der Waals surface area contributed by atoms with Crippen molar-refractivity contribution in [3.05, 3.63) is 5.82 Å². The fourth-order valence-corrected chi connectivity index (χ4v) is 1.94. The highest BCUT2D eigenvalue weighted by Crippen LogP contribution is 2.23. The lowest BCUT2D eigenvalue weighted by Gasteiger charge is -2.33. The van der Waals surface area contributed by atoms with Crippen LogP contribution in [0.4, 0.5) is 5.13 Å². The van der Waals surface area contributed by atoms with E-state index in [1.165, 1.54) is 11.5 Å². The average Bonchev–Trinajstić information content (AvgIpc) is 2.66. The predicted molar refractivity (Wildman–Crippen MR) is 65.4 cm³/mol. The molecular formula is C10H20N4S. The number of nitrogens with zero attached hydrogens (tertiary/aromatic N) is 3. The topological polar surface area (TPSA) is 55.0 Å². The second-order valence-corrected chi connectivity index (χ2v) is 5.05. The fraction of sp³-hybridized carbons (Fsp3) is 0.800. The van der Waals surface area contributed by atoms with Gasteiger partial charge in [-0.2, -0.15) is 4.37 Å². The zero-order chi connectivity index (χ0) is 11.5. The molecule has 4 nitrogen and oxygen atoms in total. The first-order valence-corrected chi connectivity index (χ1v) is 6.05. The third kappa shape index (κ3) is 2.89. The summed E-state index contributed by atoms with van der Waals surface area (Å²) in [6.45, 7) is 6.95. The van der Waals surface area contributed by atoms with Crippen molar-refractivity contribution in [2.24, 2.45) is 5.73 Å². The molecule has 0 radical (unpaired) electrons. The summed E-state index contributed by atoms with van der Waals surface area (Å²) in [5.41, 5.74) is 5.66. The van der Waals surface area contributed by atoms with E-state index in [-0.39, 0.29) is 5.54 Å². The Balaban J connectivity index is 2.78. The Labute approximate surface area is 95.7 Å². The second kappa shape index (κ2) is 4.90. The van der Waals surface area contributed by atoms with Crippen molar-refractivity contribution in [2.45, 2.75) is 39.2 Å². The summed E-state index contributed by atoms with van der Waals surface area (Å²) in [4.78, 5) is 6.59. The molecule has 0 bridgehead atoms. The molecule has 0 fully saturated rings. The Morgan fingerprint density at radius 1 is 1.47 bits per heavy atom. The molecule has 0 aliphatic rings. The van der Waals surface area contributed by atoms with Gasteiger partial charge in [-0.15, -0.1) is 0 Å². The van der Waals surface area contributed by atoms with Crippen molar-refractivity contribution in [3.8, 4) is 0 Å². The lowest BCUT2D eigenvalue weighted by atomic mass is 10.1. The normalized spacial score (nSPS) is 11.8. The molecule has 1 rings (SSSR count). The maximum atomic E-state index is 5.72. The summed E-state index contributed by atoms with van der Waals surface area (Å²) in [6.07, 6.45) is 2.04. The minimum atomic E-state index is -0.0665. The van der Waals surface area contributed by atoms with E-state index in [1.807, 2.05) is 7.05 Å². The minimum absolute atomic E-state index is 0.0665. The average molecular weight is 228 g/mol. The number of nitrogens with two attached hydrogens (primary N) is 1. The van der Waals surface area contributed by atoms with Gasteiger partial charge in [-0.3, -0.25) is 0 Å². The van der Waals surface area contributed by atoms with Crippen molar-refractivity contribution in [1.82, 2.24) is 9.36 Å². The third-order valence-electron chi connectivity index (χ3n) is 2.63. The molecule has 1 heterocycles. The van der Waals surface area contributed by atoms with E-state index in [0.717, 1.165) is 23.8 Å². The Kier molecular flexibility index (Phi) is 4.04. The molecule has 0 unspecified atom stereocenters. The van der Waals surface area contributed by atoms with Gasteiger partial charge in [-0.1, -0.05) is 6.92 Å². The molecule has 0 atom stereocenters. The van der Waals surface area contributed by atoms with Gasteiger partial charge < -0.3 is 10.6 Å². The zero-order valence-electron chi connectivity index (χ0n) is 9.95. The second-order valence-electron chi connectivity index (χ2n) is 4.32. The standard InChI is InChI=1S/C10H20N4S/c1-5-6-8-12-9(15-13-8)14(4)10(2,3)7-11/h5-7,11H2,1-4H3. The molecule has 86 valence electrons. The maximum Gasteiger partial charge on any atom is 0.205 e. The van der Waals surface area contributed by atoms with Crippen LogP contribution in [-0.4, -0.2) is 28.5 Å². The first-order valence-electron chi connectivity index (χ1n) is 5.27. The Morgan fingerprint density at radius 2 is 2.13 bits per heavy atom. The summed E-state index contributed by atoms with van der Waals surface area (Å²) in [5.74, 6) is 0.942. The largest absolute Gasteiger partial charge is 0.344 e.